The van der Waals surface area contributed by atoms with E-state index >= 15 is 0 Å². The molecule has 3 heterocycles. The summed E-state index contributed by atoms with van der Waals surface area (Å²) >= 11 is 2.53. The van der Waals surface area contributed by atoms with Crippen LogP contribution in [0, 0.1) is 9.49 Å². The highest BCUT2D eigenvalue weighted by molar-refractivity contribution is 14.1. The van der Waals surface area contributed by atoms with E-state index in [0.717, 1.165) is 48.2 Å². The molecule has 3 aliphatic heterocycles. The number of halogens is 1. The Morgan fingerprint density at radius 3 is 2.29 bits per heavy atom. The number of likely N-dealkylation sites (tertiary alicyclic amines) is 1. The first-order valence-corrected chi connectivity index (χ1v) is 18.0. The Bertz CT molecular complexity index is 1100. The van der Waals surface area contributed by atoms with Gasteiger partial charge in [-0.3, -0.25) is 0 Å². The lowest BCUT2D eigenvalue weighted by Gasteiger charge is -2.65. The van der Waals surface area contributed by atoms with Crippen LogP contribution in [-0.4, -0.2) is 75.8 Å². The van der Waals surface area contributed by atoms with E-state index in [-0.39, 0.29) is 24.4 Å². The second-order valence-electron chi connectivity index (χ2n) is 14.2. The highest BCUT2D eigenvalue weighted by Crippen LogP contribution is 2.68. The van der Waals surface area contributed by atoms with Crippen molar-refractivity contribution >= 4 is 30.9 Å². The minimum atomic E-state index is -2.22. The monoisotopic (exact) mass is 656 g/mol. The molecular weight excluding hydrogens is 609 g/mol. The molecule has 6 nitrogen and oxygen atoms in total. The third-order valence-electron chi connectivity index (χ3n) is 11.4. The van der Waals surface area contributed by atoms with Crippen LogP contribution in [-0.2, 0) is 21.3 Å². The molecule has 5 aliphatic rings. The van der Waals surface area contributed by atoms with E-state index in [1.807, 2.05) is 0 Å². The van der Waals surface area contributed by atoms with Crippen molar-refractivity contribution < 1.29 is 28.2 Å². The van der Waals surface area contributed by atoms with E-state index in [4.69, 9.17) is 18.6 Å². The molecule has 8 heteroatoms. The molecular formula is C30H47INO5Si+. The molecule has 2 saturated heterocycles. The van der Waals surface area contributed by atoms with E-state index < -0.39 is 19.3 Å². The van der Waals surface area contributed by atoms with Crippen LogP contribution < -0.4 is 9.16 Å². The minimum absolute atomic E-state index is 0.0956. The molecule has 6 rings (SSSR count). The average molecular weight is 657 g/mol. The molecule has 2 bridgehead atoms. The summed E-state index contributed by atoms with van der Waals surface area (Å²) in [4.78, 5) is 0. The molecule has 1 aromatic rings. The van der Waals surface area contributed by atoms with Crippen LogP contribution in [0.4, 0.5) is 0 Å². The molecule has 0 amide bonds. The van der Waals surface area contributed by atoms with Crippen molar-refractivity contribution in [2.24, 2.45) is 5.92 Å². The van der Waals surface area contributed by atoms with Crippen LogP contribution in [0.1, 0.15) is 71.9 Å². The lowest BCUT2D eigenvalue weighted by molar-refractivity contribution is -0.931. The lowest BCUT2D eigenvalue weighted by atomic mass is 9.47. The quantitative estimate of drug-likeness (QED) is 0.240. The van der Waals surface area contributed by atoms with Crippen LogP contribution >= 0.6 is 22.6 Å². The SMILES string of the molecule is CC(C)[Si](Oc1cc(I)c2c3c1O[C@H]1C(C4OCCO4)CCC4(O)[C@@H](C2)[N+](C)(C)CC[C@]314)(C(C)C)C(C)C. The van der Waals surface area contributed by atoms with Crippen molar-refractivity contribution in [2.45, 2.75) is 113 Å². The second kappa shape index (κ2) is 9.05. The van der Waals surface area contributed by atoms with Crippen molar-refractivity contribution in [3.63, 3.8) is 0 Å². The number of aliphatic hydroxyl groups is 1. The number of rotatable bonds is 6. The van der Waals surface area contributed by atoms with Gasteiger partial charge in [-0.2, -0.15) is 0 Å². The normalized spacial score (nSPS) is 35.7. The van der Waals surface area contributed by atoms with Gasteiger partial charge < -0.3 is 28.2 Å². The smallest absolute Gasteiger partial charge is 0.258 e. The Morgan fingerprint density at radius 2 is 1.68 bits per heavy atom. The third kappa shape index (κ3) is 3.42. The third-order valence-corrected chi connectivity index (χ3v) is 18.3. The van der Waals surface area contributed by atoms with Gasteiger partial charge in [-0.05, 0) is 63.7 Å². The van der Waals surface area contributed by atoms with Crippen molar-refractivity contribution in [1.29, 1.82) is 0 Å². The van der Waals surface area contributed by atoms with Gasteiger partial charge in [0.15, 0.2) is 12.0 Å². The predicted molar refractivity (Wildman–Crippen MR) is 159 cm³/mol. The molecule has 3 fully saturated rings. The Hall–Kier alpha value is -0.393. The van der Waals surface area contributed by atoms with Crippen molar-refractivity contribution in [3.05, 3.63) is 20.8 Å². The molecule has 0 radical (unpaired) electrons. The molecule has 5 atom stereocenters. The Labute approximate surface area is 243 Å². The van der Waals surface area contributed by atoms with Crippen molar-refractivity contribution in [3.8, 4) is 11.5 Å². The van der Waals surface area contributed by atoms with Gasteiger partial charge in [0, 0.05) is 27.9 Å². The fourth-order valence-corrected chi connectivity index (χ4v) is 15.8. The fraction of sp³-hybridized carbons (Fsp3) is 0.800. The number of hydrogen-bond acceptors (Lipinski definition) is 5. The number of quaternary nitrogens is 1. The van der Waals surface area contributed by atoms with Crippen LogP contribution in [0.3, 0.4) is 0 Å². The number of hydrogen-bond donors (Lipinski definition) is 1. The van der Waals surface area contributed by atoms with Gasteiger partial charge in [-0.1, -0.05) is 41.5 Å². The largest absolute Gasteiger partial charge is 0.540 e. The highest BCUT2D eigenvalue weighted by Gasteiger charge is 2.76. The molecule has 1 spiro atoms. The molecule has 38 heavy (non-hydrogen) atoms. The minimum Gasteiger partial charge on any atom is -0.540 e. The van der Waals surface area contributed by atoms with Gasteiger partial charge in [0.1, 0.15) is 23.5 Å². The van der Waals surface area contributed by atoms with Gasteiger partial charge in [-0.25, -0.2) is 0 Å². The second-order valence-corrected chi connectivity index (χ2v) is 20.7. The maximum absolute atomic E-state index is 12.9. The number of ether oxygens (including phenoxy) is 3. The Morgan fingerprint density at radius 1 is 1.05 bits per heavy atom. The maximum Gasteiger partial charge on any atom is 0.258 e. The van der Waals surface area contributed by atoms with E-state index in [1.165, 1.54) is 14.7 Å². The number of piperidine rings is 1. The van der Waals surface area contributed by atoms with Crippen LogP contribution in [0.5, 0.6) is 11.5 Å². The van der Waals surface area contributed by atoms with Crippen LogP contribution in [0.2, 0.25) is 16.6 Å². The zero-order chi connectivity index (χ0) is 27.4. The van der Waals surface area contributed by atoms with Gasteiger partial charge in [0.2, 0.25) is 0 Å². The Balaban J connectivity index is 1.57. The van der Waals surface area contributed by atoms with E-state index in [2.05, 4.69) is 84.3 Å². The van der Waals surface area contributed by atoms with Crippen molar-refractivity contribution in [2.75, 3.05) is 33.9 Å². The summed E-state index contributed by atoms with van der Waals surface area (Å²) < 4.78 is 28.8. The highest BCUT2D eigenvalue weighted by atomic mass is 127. The lowest BCUT2D eigenvalue weighted by Crippen LogP contribution is -2.80. The van der Waals surface area contributed by atoms with Crippen LogP contribution in [0.25, 0.3) is 0 Å². The molecule has 1 saturated carbocycles. The maximum atomic E-state index is 12.9. The van der Waals surface area contributed by atoms with E-state index in [0.29, 0.717) is 29.8 Å². The standard InChI is InChI=1S/C30H47INO5Si/c1-17(2)38(18(3)4,19(5)6)37-23-16-22(31)21-15-24-30(33)10-9-20(28-34-13-14-35-28)27-29(30,11-12-32(24,7)8)25(21)26(23)36-27/h16-20,24,27-28,33H,9-15H2,1-8H3/q+1/t20?,24-,27+,29+,30?/m1/s1. The number of benzene rings is 1. The summed E-state index contributed by atoms with van der Waals surface area (Å²) in [5.41, 5.74) is 2.74. The van der Waals surface area contributed by atoms with Gasteiger partial charge in [0.05, 0.1) is 39.3 Å². The van der Waals surface area contributed by atoms with Gasteiger partial charge in [-0.15, -0.1) is 0 Å². The summed E-state index contributed by atoms with van der Waals surface area (Å²) in [6.07, 6.45) is 2.96. The first-order valence-electron chi connectivity index (χ1n) is 14.8. The summed E-state index contributed by atoms with van der Waals surface area (Å²) in [5.74, 6) is 1.92. The molecule has 2 aliphatic carbocycles. The van der Waals surface area contributed by atoms with E-state index in [9.17, 15) is 5.11 Å². The average Bonchev–Trinajstić information content (AvgIpc) is 3.47. The Kier molecular flexibility index (Phi) is 6.61. The van der Waals surface area contributed by atoms with Crippen LogP contribution in [0.15, 0.2) is 6.07 Å². The molecule has 1 aromatic carbocycles. The van der Waals surface area contributed by atoms with E-state index in [1.54, 1.807) is 0 Å². The van der Waals surface area contributed by atoms with Crippen molar-refractivity contribution in [1.82, 2.24) is 0 Å². The number of nitrogens with zero attached hydrogens (tertiary/aromatic N) is 1. The first kappa shape index (κ1) is 27.8. The zero-order valence-corrected chi connectivity index (χ0v) is 27.6. The first-order chi connectivity index (χ1) is 17.8. The molecule has 1 N–H and O–H groups in total. The topological polar surface area (TPSA) is 57.2 Å². The predicted octanol–water partition coefficient (Wildman–Crippen LogP) is 5.76. The summed E-state index contributed by atoms with van der Waals surface area (Å²) in [5, 5.41) is 12.9. The van der Waals surface area contributed by atoms with Gasteiger partial charge >= 0.3 is 0 Å². The molecule has 212 valence electrons. The zero-order valence-electron chi connectivity index (χ0n) is 24.5. The number of likely N-dealkylation sites (N-methyl/N-ethyl adjacent to an activating group) is 1. The van der Waals surface area contributed by atoms with Gasteiger partial charge in [0.25, 0.3) is 8.32 Å². The molecule has 0 aromatic heterocycles. The fourth-order valence-electron chi connectivity index (χ4n) is 9.76. The summed E-state index contributed by atoms with van der Waals surface area (Å²) in [7, 11) is 2.39. The molecule has 2 unspecified atom stereocenters. The summed E-state index contributed by atoms with van der Waals surface area (Å²) in [6.45, 7) is 16.3. The summed E-state index contributed by atoms with van der Waals surface area (Å²) in [6, 6.07) is 2.40.